The Bertz CT molecular complexity index is 477. The number of nitrogens with zero attached hydrogens (tertiary/aromatic N) is 3. The summed E-state index contributed by atoms with van der Waals surface area (Å²) in [5.41, 5.74) is 0.308. The molecule has 0 bridgehead atoms. The second kappa shape index (κ2) is 5.64. The number of aliphatic carboxylic acids is 1. The molecule has 0 aliphatic carbocycles. The highest BCUT2D eigenvalue weighted by atomic mass is 32.1. The molecule has 1 amide bonds. The van der Waals surface area contributed by atoms with Gasteiger partial charge in [0.15, 0.2) is 0 Å². The maximum absolute atomic E-state index is 12.4. The maximum Gasteiger partial charge on any atom is 0.323 e. The number of carbonyl (C=O) groups excluding carboxylic acids is 1. The number of hydrogen-bond donors (Lipinski definition) is 1. The van der Waals surface area contributed by atoms with Crippen molar-refractivity contribution in [2.75, 3.05) is 6.54 Å². The molecule has 0 aromatic carbocycles. The molecule has 0 radical (unpaired) electrons. The second-order valence-electron chi connectivity index (χ2n) is 5.62. The van der Waals surface area contributed by atoms with Crippen molar-refractivity contribution < 1.29 is 14.7 Å². The van der Waals surface area contributed by atoms with Crippen LogP contribution in [-0.2, 0) is 10.2 Å². The molecule has 0 aliphatic rings. The predicted molar refractivity (Wildman–Crippen MR) is 72.4 cm³/mol. The van der Waals surface area contributed by atoms with E-state index in [1.807, 2.05) is 20.8 Å². The third kappa shape index (κ3) is 3.73. The molecular weight excluding hydrogens is 266 g/mol. The summed E-state index contributed by atoms with van der Waals surface area (Å²) in [5.74, 6) is -1.35. The highest BCUT2D eigenvalue weighted by Gasteiger charge is 2.30. The molecule has 0 atom stereocenters. The molecule has 0 fully saturated rings. The highest BCUT2D eigenvalue weighted by Crippen LogP contribution is 2.27. The van der Waals surface area contributed by atoms with Crippen LogP contribution in [0.25, 0.3) is 0 Å². The van der Waals surface area contributed by atoms with Crippen LogP contribution >= 0.6 is 11.5 Å². The van der Waals surface area contributed by atoms with Gasteiger partial charge < -0.3 is 10.0 Å². The third-order valence-electron chi connectivity index (χ3n) is 2.58. The molecule has 0 aliphatic heterocycles. The van der Waals surface area contributed by atoms with Crippen molar-refractivity contribution in [3.8, 4) is 0 Å². The van der Waals surface area contributed by atoms with E-state index in [-0.39, 0.29) is 23.9 Å². The van der Waals surface area contributed by atoms with Crippen LogP contribution in [-0.4, -0.2) is 44.1 Å². The smallest absolute Gasteiger partial charge is 0.323 e. The molecular formula is C12H19N3O3S. The molecule has 0 saturated carbocycles. The van der Waals surface area contributed by atoms with Crippen LogP contribution in [0.4, 0.5) is 0 Å². The Kier molecular flexibility index (Phi) is 4.62. The van der Waals surface area contributed by atoms with Crippen LogP contribution in [0.3, 0.4) is 0 Å². The molecule has 0 spiro atoms. The molecule has 1 N–H and O–H groups in total. The van der Waals surface area contributed by atoms with E-state index < -0.39 is 5.97 Å². The lowest BCUT2D eigenvalue weighted by Crippen LogP contribution is -2.41. The minimum Gasteiger partial charge on any atom is -0.480 e. The number of carboxylic acid groups (broad SMARTS) is 1. The van der Waals surface area contributed by atoms with Gasteiger partial charge in [0, 0.05) is 11.5 Å². The van der Waals surface area contributed by atoms with Gasteiger partial charge in [-0.2, -0.15) is 0 Å². The van der Waals surface area contributed by atoms with Crippen LogP contribution in [0.2, 0.25) is 0 Å². The van der Waals surface area contributed by atoms with Crippen LogP contribution in [0.1, 0.15) is 50.0 Å². The SMILES string of the molecule is CC(C)N(CC(=O)O)C(=O)c1snnc1C(C)(C)C. The standard InChI is InChI=1S/C12H19N3O3S/c1-7(2)15(6-8(16)17)11(18)9-10(12(3,4)5)13-14-19-9/h7H,6H2,1-5H3,(H,16,17). The van der Waals surface area contributed by atoms with Crippen LogP contribution in [0.5, 0.6) is 0 Å². The van der Waals surface area contributed by atoms with Gasteiger partial charge in [-0.25, -0.2) is 0 Å². The topological polar surface area (TPSA) is 83.4 Å². The molecule has 6 nitrogen and oxygen atoms in total. The monoisotopic (exact) mass is 285 g/mol. The number of rotatable bonds is 4. The minimum atomic E-state index is -1.03. The average molecular weight is 285 g/mol. The van der Waals surface area contributed by atoms with Gasteiger partial charge in [0.2, 0.25) is 0 Å². The van der Waals surface area contributed by atoms with E-state index in [0.717, 1.165) is 11.5 Å². The summed E-state index contributed by atoms with van der Waals surface area (Å²) >= 11 is 1.01. The van der Waals surface area contributed by atoms with Crippen molar-refractivity contribution in [2.45, 2.75) is 46.1 Å². The number of amides is 1. The van der Waals surface area contributed by atoms with Crippen molar-refractivity contribution >= 4 is 23.4 Å². The number of hydrogen-bond acceptors (Lipinski definition) is 5. The average Bonchev–Trinajstić information content (AvgIpc) is 2.72. The fourth-order valence-electron chi connectivity index (χ4n) is 1.59. The lowest BCUT2D eigenvalue weighted by Gasteiger charge is -2.25. The quantitative estimate of drug-likeness (QED) is 0.911. The van der Waals surface area contributed by atoms with E-state index in [4.69, 9.17) is 5.11 Å². The zero-order valence-corrected chi connectivity index (χ0v) is 12.6. The molecule has 106 valence electrons. The summed E-state index contributed by atoms with van der Waals surface area (Å²) in [6.45, 7) is 9.07. The first-order chi connectivity index (χ1) is 8.64. The molecule has 1 aromatic heterocycles. The number of carbonyl (C=O) groups is 2. The first-order valence-corrected chi connectivity index (χ1v) is 6.77. The van der Waals surface area contributed by atoms with E-state index >= 15 is 0 Å². The van der Waals surface area contributed by atoms with Crippen molar-refractivity contribution in [1.29, 1.82) is 0 Å². The predicted octanol–water partition coefficient (Wildman–Crippen LogP) is 1.77. The van der Waals surface area contributed by atoms with Gasteiger partial charge in [0.25, 0.3) is 5.91 Å². The van der Waals surface area contributed by atoms with Gasteiger partial charge in [-0.1, -0.05) is 25.3 Å². The first kappa shape index (κ1) is 15.6. The lowest BCUT2D eigenvalue weighted by molar-refractivity contribution is -0.138. The summed E-state index contributed by atoms with van der Waals surface area (Å²) < 4.78 is 3.83. The normalized spacial score (nSPS) is 11.7. The Morgan fingerprint density at radius 1 is 1.37 bits per heavy atom. The molecule has 0 saturated heterocycles. The number of carboxylic acids is 1. The minimum absolute atomic E-state index is 0.196. The Morgan fingerprint density at radius 2 is 1.95 bits per heavy atom. The van der Waals surface area contributed by atoms with E-state index in [9.17, 15) is 9.59 Å². The molecule has 1 aromatic rings. The van der Waals surface area contributed by atoms with Crippen molar-refractivity contribution in [3.63, 3.8) is 0 Å². The van der Waals surface area contributed by atoms with E-state index in [1.165, 1.54) is 4.90 Å². The van der Waals surface area contributed by atoms with Gasteiger partial charge in [0.1, 0.15) is 11.4 Å². The van der Waals surface area contributed by atoms with Gasteiger partial charge in [-0.3, -0.25) is 9.59 Å². The Morgan fingerprint density at radius 3 is 2.37 bits per heavy atom. The number of aromatic nitrogens is 2. The highest BCUT2D eigenvalue weighted by molar-refractivity contribution is 7.08. The Hall–Kier alpha value is -1.50. The summed E-state index contributed by atoms with van der Waals surface area (Å²) in [5, 5.41) is 12.9. The van der Waals surface area contributed by atoms with Gasteiger partial charge in [-0.15, -0.1) is 5.10 Å². The van der Waals surface area contributed by atoms with Crippen molar-refractivity contribution in [3.05, 3.63) is 10.6 Å². The van der Waals surface area contributed by atoms with E-state index in [2.05, 4.69) is 9.59 Å². The molecule has 19 heavy (non-hydrogen) atoms. The second-order valence-corrected chi connectivity index (χ2v) is 6.38. The summed E-state index contributed by atoms with van der Waals surface area (Å²) in [6.07, 6.45) is 0. The largest absolute Gasteiger partial charge is 0.480 e. The maximum atomic E-state index is 12.4. The van der Waals surface area contributed by atoms with Gasteiger partial charge >= 0.3 is 5.97 Å². The van der Waals surface area contributed by atoms with Crippen LogP contribution in [0.15, 0.2) is 0 Å². The fourth-order valence-corrected chi connectivity index (χ4v) is 2.42. The Balaban J connectivity index is 3.11. The first-order valence-electron chi connectivity index (χ1n) is 6.00. The zero-order chi connectivity index (χ0) is 14.8. The Labute approximate surface area is 116 Å². The zero-order valence-electron chi connectivity index (χ0n) is 11.8. The van der Waals surface area contributed by atoms with Crippen LogP contribution < -0.4 is 0 Å². The summed E-state index contributed by atoms with van der Waals surface area (Å²) in [4.78, 5) is 25.0. The summed E-state index contributed by atoms with van der Waals surface area (Å²) in [6, 6.07) is -0.196. The third-order valence-corrected chi connectivity index (χ3v) is 3.30. The van der Waals surface area contributed by atoms with Crippen LogP contribution in [0, 0.1) is 0 Å². The lowest BCUT2D eigenvalue weighted by atomic mass is 9.91. The van der Waals surface area contributed by atoms with Gasteiger partial charge in [0.05, 0.1) is 5.69 Å². The summed E-state index contributed by atoms with van der Waals surface area (Å²) in [7, 11) is 0. The molecule has 1 rings (SSSR count). The van der Waals surface area contributed by atoms with E-state index in [1.54, 1.807) is 13.8 Å². The van der Waals surface area contributed by atoms with E-state index in [0.29, 0.717) is 10.6 Å². The van der Waals surface area contributed by atoms with Crippen molar-refractivity contribution in [2.24, 2.45) is 0 Å². The van der Waals surface area contributed by atoms with Gasteiger partial charge in [-0.05, 0) is 25.4 Å². The molecule has 0 unspecified atom stereocenters. The van der Waals surface area contributed by atoms with Crippen molar-refractivity contribution in [1.82, 2.24) is 14.5 Å². The molecule has 1 heterocycles. The fraction of sp³-hybridized carbons (Fsp3) is 0.667. The molecule has 7 heteroatoms.